The number of halogens is 5. The molecule has 0 unspecified atom stereocenters. The van der Waals surface area contributed by atoms with Gasteiger partial charge in [-0.2, -0.15) is 13.2 Å². The maximum atomic E-state index is 12.4. The zero-order valence-corrected chi connectivity index (χ0v) is 13.3. The van der Waals surface area contributed by atoms with E-state index in [9.17, 15) is 18.0 Å². The molecule has 0 saturated carbocycles. The molecular formula is C15H9Cl2F3N2O2. The van der Waals surface area contributed by atoms with Gasteiger partial charge in [0.2, 0.25) is 0 Å². The summed E-state index contributed by atoms with van der Waals surface area (Å²) in [7, 11) is 0. The molecule has 126 valence electrons. The van der Waals surface area contributed by atoms with Crippen molar-refractivity contribution in [3.8, 4) is 0 Å². The van der Waals surface area contributed by atoms with E-state index in [1.54, 1.807) is 12.1 Å². The van der Waals surface area contributed by atoms with Crippen molar-refractivity contribution in [2.45, 2.75) is 6.18 Å². The van der Waals surface area contributed by atoms with Crippen molar-refractivity contribution in [3.63, 3.8) is 0 Å². The molecule has 0 heterocycles. The van der Waals surface area contributed by atoms with Crippen LogP contribution in [0.15, 0.2) is 47.6 Å². The number of oxime groups is 1. The first-order valence-electron chi connectivity index (χ1n) is 6.39. The van der Waals surface area contributed by atoms with E-state index in [1.165, 1.54) is 12.3 Å². The minimum Gasteiger partial charge on any atom is -0.298 e. The molecule has 0 aromatic heterocycles. The van der Waals surface area contributed by atoms with E-state index in [4.69, 9.17) is 23.2 Å². The number of hydrogen-bond acceptors (Lipinski definition) is 3. The molecule has 0 aliphatic rings. The summed E-state index contributed by atoms with van der Waals surface area (Å²) in [5.41, 5.74) is -0.136. The molecule has 2 aromatic rings. The number of rotatable bonds is 3. The first kappa shape index (κ1) is 18.1. The Bertz CT molecular complexity index is 762. The van der Waals surface area contributed by atoms with Crippen LogP contribution in [0, 0.1) is 0 Å². The lowest BCUT2D eigenvalue weighted by Crippen LogP contribution is -2.11. The SMILES string of the molecule is O=C(Nc1ccc(C(F)(F)F)cc1)ON=Cc1ccc(Cl)c(Cl)c1. The van der Waals surface area contributed by atoms with Crippen LogP contribution in [0.5, 0.6) is 0 Å². The molecule has 2 rings (SSSR count). The maximum absolute atomic E-state index is 12.4. The second-order valence-corrected chi connectivity index (χ2v) is 5.30. The summed E-state index contributed by atoms with van der Waals surface area (Å²) >= 11 is 11.6. The van der Waals surface area contributed by atoms with Gasteiger partial charge < -0.3 is 0 Å². The van der Waals surface area contributed by atoms with Crippen LogP contribution < -0.4 is 5.32 Å². The Morgan fingerprint density at radius 1 is 1.08 bits per heavy atom. The minimum absolute atomic E-state index is 0.137. The Morgan fingerprint density at radius 3 is 2.33 bits per heavy atom. The predicted molar refractivity (Wildman–Crippen MR) is 85.6 cm³/mol. The molecule has 0 aliphatic carbocycles. The molecule has 2 aromatic carbocycles. The van der Waals surface area contributed by atoms with Crippen LogP contribution in [-0.4, -0.2) is 12.3 Å². The summed E-state index contributed by atoms with van der Waals surface area (Å²) in [6.45, 7) is 0. The average molecular weight is 377 g/mol. The molecule has 0 bridgehead atoms. The molecule has 0 aliphatic heterocycles. The van der Waals surface area contributed by atoms with E-state index < -0.39 is 17.8 Å². The summed E-state index contributed by atoms with van der Waals surface area (Å²) in [5.74, 6) is 0. The quantitative estimate of drug-likeness (QED) is 0.430. The third-order valence-electron chi connectivity index (χ3n) is 2.74. The summed E-state index contributed by atoms with van der Waals surface area (Å²) in [6.07, 6.45) is -4.16. The molecule has 4 nitrogen and oxygen atoms in total. The van der Waals surface area contributed by atoms with Gasteiger partial charge in [-0.3, -0.25) is 10.2 Å². The minimum atomic E-state index is -4.44. The molecule has 0 saturated heterocycles. The molecule has 1 N–H and O–H groups in total. The number of nitrogens with zero attached hydrogens (tertiary/aromatic N) is 1. The van der Waals surface area contributed by atoms with Crippen molar-refractivity contribution < 1.29 is 22.8 Å². The standard InChI is InChI=1S/C15H9Cl2F3N2O2/c16-12-6-1-9(7-13(12)17)8-21-24-14(23)22-11-4-2-10(3-5-11)15(18,19)20/h1-8H,(H,22,23). The predicted octanol–water partition coefficient (Wildman–Crippen LogP) is 5.59. The topological polar surface area (TPSA) is 50.7 Å². The molecule has 0 fully saturated rings. The molecule has 9 heteroatoms. The number of hydrogen-bond donors (Lipinski definition) is 1. The zero-order valence-electron chi connectivity index (χ0n) is 11.8. The van der Waals surface area contributed by atoms with E-state index in [1.807, 2.05) is 0 Å². The Morgan fingerprint density at radius 2 is 1.75 bits per heavy atom. The smallest absolute Gasteiger partial charge is 0.298 e. The molecule has 0 atom stereocenters. The fraction of sp³-hybridized carbons (Fsp3) is 0.0667. The lowest BCUT2D eigenvalue weighted by Gasteiger charge is -2.07. The van der Waals surface area contributed by atoms with E-state index in [2.05, 4.69) is 15.3 Å². The summed E-state index contributed by atoms with van der Waals surface area (Å²) in [4.78, 5) is 16.0. The van der Waals surface area contributed by atoms with Gasteiger partial charge in [-0.1, -0.05) is 34.4 Å². The third kappa shape index (κ3) is 5.14. The summed E-state index contributed by atoms with van der Waals surface area (Å²) in [5, 5.41) is 6.37. The number of alkyl halides is 3. The lowest BCUT2D eigenvalue weighted by molar-refractivity contribution is -0.137. The van der Waals surface area contributed by atoms with Gasteiger partial charge in [0.25, 0.3) is 0 Å². The number of anilines is 1. The van der Waals surface area contributed by atoms with E-state index in [0.717, 1.165) is 24.3 Å². The van der Waals surface area contributed by atoms with Crippen LogP contribution in [0.25, 0.3) is 0 Å². The number of carbonyl (C=O) groups excluding carboxylic acids is 1. The van der Waals surface area contributed by atoms with Gasteiger partial charge in [0.1, 0.15) is 0 Å². The largest absolute Gasteiger partial charge is 0.437 e. The number of nitrogens with one attached hydrogen (secondary N) is 1. The number of carbonyl (C=O) groups is 1. The van der Waals surface area contributed by atoms with Crippen molar-refractivity contribution in [2.75, 3.05) is 5.32 Å². The van der Waals surface area contributed by atoms with E-state index in [0.29, 0.717) is 15.6 Å². The number of benzene rings is 2. The lowest BCUT2D eigenvalue weighted by atomic mass is 10.2. The van der Waals surface area contributed by atoms with E-state index in [-0.39, 0.29) is 5.69 Å². The monoisotopic (exact) mass is 376 g/mol. The van der Waals surface area contributed by atoms with Gasteiger partial charge in [-0.25, -0.2) is 4.79 Å². The highest BCUT2D eigenvalue weighted by atomic mass is 35.5. The number of amides is 1. The van der Waals surface area contributed by atoms with Gasteiger partial charge >= 0.3 is 12.3 Å². The molecule has 24 heavy (non-hydrogen) atoms. The zero-order chi connectivity index (χ0) is 17.7. The summed E-state index contributed by atoms with van der Waals surface area (Å²) < 4.78 is 37.2. The molecule has 0 radical (unpaired) electrons. The highest BCUT2D eigenvalue weighted by molar-refractivity contribution is 6.42. The molecular weight excluding hydrogens is 368 g/mol. The first-order chi connectivity index (χ1) is 11.3. The molecule has 0 spiro atoms. The van der Waals surface area contributed by atoms with E-state index >= 15 is 0 Å². The average Bonchev–Trinajstić information content (AvgIpc) is 2.50. The summed E-state index contributed by atoms with van der Waals surface area (Å²) in [6, 6.07) is 8.57. The van der Waals surface area contributed by atoms with Gasteiger partial charge in [0.15, 0.2) is 0 Å². The van der Waals surface area contributed by atoms with Crippen LogP contribution in [-0.2, 0) is 11.0 Å². The van der Waals surface area contributed by atoms with Crippen LogP contribution in [0.1, 0.15) is 11.1 Å². The van der Waals surface area contributed by atoms with Gasteiger partial charge in [0, 0.05) is 5.69 Å². The van der Waals surface area contributed by atoms with Crippen molar-refractivity contribution in [3.05, 3.63) is 63.6 Å². The van der Waals surface area contributed by atoms with Crippen molar-refractivity contribution in [1.29, 1.82) is 0 Å². The highest BCUT2D eigenvalue weighted by Crippen LogP contribution is 2.29. The van der Waals surface area contributed by atoms with Gasteiger partial charge in [-0.05, 0) is 42.0 Å². The Labute approximate surface area is 144 Å². The van der Waals surface area contributed by atoms with Crippen LogP contribution in [0.3, 0.4) is 0 Å². The second kappa shape index (κ2) is 7.55. The Hall–Kier alpha value is -2.25. The highest BCUT2D eigenvalue weighted by Gasteiger charge is 2.29. The Balaban J connectivity index is 1.91. The fourth-order valence-corrected chi connectivity index (χ4v) is 1.92. The van der Waals surface area contributed by atoms with Gasteiger partial charge in [-0.15, -0.1) is 0 Å². The Kier molecular flexibility index (Phi) is 5.69. The van der Waals surface area contributed by atoms with Gasteiger partial charge in [0.05, 0.1) is 21.8 Å². The van der Waals surface area contributed by atoms with Crippen LogP contribution >= 0.6 is 23.2 Å². The van der Waals surface area contributed by atoms with Crippen molar-refractivity contribution >= 4 is 41.2 Å². The maximum Gasteiger partial charge on any atom is 0.437 e. The van der Waals surface area contributed by atoms with Crippen LogP contribution in [0.4, 0.5) is 23.7 Å². The van der Waals surface area contributed by atoms with Crippen molar-refractivity contribution in [1.82, 2.24) is 0 Å². The second-order valence-electron chi connectivity index (χ2n) is 4.49. The first-order valence-corrected chi connectivity index (χ1v) is 7.15. The van der Waals surface area contributed by atoms with Crippen LogP contribution in [0.2, 0.25) is 10.0 Å². The normalized spacial score (nSPS) is 11.5. The fourth-order valence-electron chi connectivity index (χ4n) is 1.61. The van der Waals surface area contributed by atoms with Crippen molar-refractivity contribution in [2.24, 2.45) is 5.16 Å². The third-order valence-corrected chi connectivity index (χ3v) is 3.48. The molecule has 1 amide bonds.